The maximum Gasteiger partial charge on any atom is 0.327 e. The number of nitrogen functional groups attached to an aromatic ring is 1. The zero-order valence-corrected chi connectivity index (χ0v) is 7.95. The molecule has 7 nitrogen and oxygen atoms in total. The lowest BCUT2D eigenvalue weighted by Crippen LogP contribution is -2.37. The quantitative estimate of drug-likeness (QED) is 0.357. The highest BCUT2D eigenvalue weighted by molar-refractivity contribution is 7.51. The van der Waals surface area contributed by atoms with Gasteiger partial charge in [0.25, 0.3) is 10.9 Å². The molecular weight excluding hydrogens is 211 g/mol. The third-order valence-electron chi connectivity index (χ3n) is 1.65. The van der Waals surface area contributed by atoms with E-state index in [1.165, 1.54) is 0 Å². The van der Waals surface area contributed by atoms with Crippen LogP contribution in [0.15, 0.2) is 9.59 Å². The molecule has 0 saturated carbocycles. The third-order valence-corrected chi connectivity index (χ3v) is 2.46. The summed E-state index contributed by atoms with van der Waals surface area (Å²) in [5.74, 6) is 0. The van der Waals surface area contributed by atoms with E-state index >= 15 is 0 Å². The van der Waals surface area contributed by atoms with E-state index in [0.29, 0.717) is 0 Å². The van der Waals surface area contributed by atoms with Gasteiger partial charge in [-0.15, -0.1) is 0 Å². The first-order valence-electron chi connectivity index (χ1n) is 3.70. The third kappa shape index (κ3) is 2.20. The molecule has 1 rings (SSSR count). The van der Waals surface area contributed by atoms with Crippen LogP contribution in [-0.4, -0.2) is 22.5 Å². The van der Waals surface area contributed by atoms with Crippen LogP contribution in [-0.2, 0) is 4.57 Å². The molecule has 0 heterocycles. The van der Waals surface area contributed by atoms with Crippen molar-refractivity contribution in [3.8, 4) is 0 Å². The van der Waals surface area contributed by atoms with Crippen molar-refractivity contribution in [1.82, 2.24) is 0 Å². The van der Waals surface area contributed by atoms with E-state index < -0.39 is 24.6 Å². The second-order valence-corrected chi connectivity index (χ2v) is 4.54. The van der Waals surface area contributed by atoms with Crippen molar-refractivity contribution in [3.05, 3.63) is 20.4 Å². The summed E-state index contributed by atoms with van der Waals surface area (Å²) in [5.41, 5.74) is 3.42. The summed E-state index contributed by atoms with van der Waals surface area (Å²) in [6.07, 6.45) is -0.411. The minimum absolute atomic E-state index is 0.0524. The second-order valence-electron chi connectivity index (χ2n) is 2.76. The Kier molecular flexibility index (Phi) is 2.75. The number of hydrogen-bond donors (Lipinski definition) is 4. The van der Waals surface area contributed by atoms with E-state index in [4.69, 9.17) is 15.5 Å². The first-order valence-corrected chi connectivity index (χ1v) is 5.50. The first kappa shape index (κ1) is 10.9. The lowest BCUT2D eigenvalue weighted by Gasteiger charge is -2.09. The van der Waals surface area contributed by atoms with Gasteiger partial charge < -0.3 is 20.8 Å². The van der Waals surface area contributed by atoms with Crippen molar-refractivity contribution >= 4 is 19.0 Å². The molecule has 0 aliphatic rings. The Morgan fingerprint density at radius 2 is 1.86 bits per heavy atom. The topological polar surface area (TPSA) is 130 Å². The largest absolute Gasteiger partial charge is 0.394 e. The molecule has 0 amide bonds. The Morgan fingerprint density at radius 3 is 2.29 bits per heavy atom. The Morgan fingerprint density at radius 1 is 1.29 bits per heavy atom. The minimum atomic E-state index is -4.09. The zero-order chi connectivity index (χ0) is 10.9. The lowest BCUT2D eigenvalue weighted by atomic mass is 10.2. The maximum atomic E-state index is 10.8. The number of nitrogens with two attached hydrogens (primary N) is 1. The highest BCUT2D eigenvalue weighted by Gasteiger charge is 2.18. The van der Waals surface area contributed by atoms with Gasteiger partial charge in [0.1, 0.15) is 11.4 Å². The van der Waals surface area contributed by atoms with Crippen molar-refractivity contribution in [2.45, 2.75) is 0 Å². The molecule has 0 atom stereocenters. The summed E-state index contributed by atoms with van der Waals surface area (Å²) >= 11 is 0. The molecule has 8 heteroatoms. The highest BCUT2D eigenvalue weighted by atomic mass is 31.2. The fourth-order valence-corrected chi connectivity index (χ4v) is 1.31. The van der Waals surface area contributed by atoms with Gasteiger partial charge >= 0.3 is 7.60 Å². The summed E-state index contributed by atoms with van der Waals surface area (Å²) < 4.78 is 10.4. The predicted molar refractivity (Wildman–Crippen MR) is 51.2 cm³/mol. The van der Waals surface area contributed by atoms with Gasteiger partial charge in [0.2, 0.25) is 0 Å². The number of anilines is 2. The van der Waals surface area contributed by atoms with Crippen LogP contribution in [0.2, 0.25) is 0 Å². The molecule has 14 heavy (non-hydrogen) atoms. The SMILES string of the molecule is Nc1c(NCCP(=O)(O)O)c(=O)c1=O. The maximum absolute atomic E-state index is 10.8. The highest BCUT2D eigenvalue weighted by Crippen LogP contribution is 2.33. The van der Waals surface area contributed by atoms with Gasteiger partial charge in [0, 0.05) is 6.54 Å². The van der Waals surface area contributed by atoms with Crippen molar-refractivity contribution in [2.24, 2.45) is 0 Å². The molecule has 0 unspecified atom stereocenters. The molecule has 0 aliphatic heterocycles. The number of nitrogens with one attached hydrogen (secondary N) is 1. The lowest BCUT2D eigenvalue weighted by molar-refractivity contribution is 0.374. The van der Waals surface area contributed by atoms with E-state index in [-0.39, 0.29) is 17.9 Å². The molecule has 0 aliphatic carbocycles. The summed E-state index contributed by atoms with van der Waals surface area (Å²) in [4.78, 5) is 38.3. The average Bonchev–Trinajstić information content (AvgIpc) is 2.09. The molecule has 0 saturated heterocycles. The fraction of sp³-hybridized carbons (Fsp3) is 0.333. The molecule has 0 bridgehead atoms. The number of hydrogen-bond acceptors (Lipinski definition) is 5. The van der Waals surface area contributed by atoms with Gasteiger partial charge in [0.05, 0.1) is 6.16 Å². The summed E-state index contributed by atoms with van der Waals surface area (Å²) in [7, 11) is -4.09. The van der Waals surface area contributed by atoms with E-state index in [2.05, 4.69) is 5.32 Å². The Hall–Kier alpha value is -1.17. The van der Waals surface area contributed by atoms with Gasteiger partial charge in [-0.3, -0.25) is 14.2 Å². The molecule has 5 N–H and O–H groups in total. The predicted octanol–water partition coefficient (Wildman–Crippen LogP) is -1.55. The average molecular weight is 220 g/mol. The molecule has 0 aromatic heterocycles. The first-order chi connectivity index (χ1) is 6.33. The molecule has 1 aromatic rings. The summed E-state index contributed by atoms with van der Waals surface area (Å²) in [5, 5.41) is 2.40. The van der Waals surface area contributed by atoms with Gasteiger partial charge in [-0.25, -0.2) is 0 Å². The van der Waals surface area contributed by atoms with Gasteiger partial charge in [-0.05, 0) is 0 Å². The van der Waals surface area contributed by atoms with Crippen LogP contribution in [0.3, 0.4) is 0 Å². The van der Waals surface area contributed by atoms with Crippen molar-refractivity contribution < 1.29 is 14.4 Å². The van der Waals surface area contributed by atoms with Crippen LogP contribution in [0, 0.1) is 0 Å². The summed E-state index contributed by atoms with van der Waals surface area (Å²) in [6, 6.07) is 0. The molecule has 0 spiro atoms. The van der Waals surface area contributed by atoms with E-state index in [0.717, 1.165) is 0 Å². The molecule has 0 radical (unpaired) electrons. The molecule has 1 aromatic carbocycles. The molecule has 0 fully saturated rings. The van der Waals surface area contributed by atoms with E-state index in [1.807, 2.05) is 0 Å². The normalized spacial score (nSPS) is 11.9. The molecule has 78 valence electrons. The fourth-order valence-electron chi connectivity index (χ4n) is 0.911. The van der Waals surface area contributed by atoms with Crippen molar-refractivity contribution in [2.75, 3.05) is 23.8 Å². The Balaban J connectivity index is 2.53. The van der Waals surface area contributed by atoms with Crippen LogP contribution in [0.4, 0.5) is 11.4 Å². The Labute approximate surface area is 78.4 Å². The minimum Gasteiger partial charge on any atom is -0.394 e. The number of rotatable bonds is 4. The molecular formula is C6H9N2O5P. The van der Waals surface area contributed by atoms with Crippen molar-refractivity contribution in [3.63, 3.8) is 0 Å². The summed E-state index contributed by atoms with van der Waals surface area (Å²) in [6.45, 7) is -0.0979. The second kappa shape index (κ2) is 3.53. The van der Waals surface area contributed by atoms with Gasteiger partial charge in [-0.1, -0.05) is 0 Å². The van der Waals surface area contributed by atoms with E-state index in [9.17, 15) is 14.2 Å². The zero-order valence-electron chi connectivity index (χ0n) is 7.06. The van der Waals surface area contributed by atoms with E-state index in [1.54, 1.807) is 0 Å². The van der Waals surface area contributed by atoms with Crippen LogP contribution >= 0.6 is 7.60 Å². The van der Waals surface area contributed by atoms with Crippen LogP contribution in [0.25, 0.3) is 0 Å². The monoisotopic (exact) mass is 220 g/mol. The van der Waals surface area contributed by atoms with Gasteiger partial charge in [0.15, 0.2) is 0 Å². The Bertz CT molecular complexity index is 455. The van der Waals surface area contributed by atoms with Crippen LogP contribution in [0.5, 0.6) is 0 Å². The standard InChI is InChI=1S/C6H9N2O5P/c7-3-4(6(10)5(3)9)8-1-2-14(11,12)13/h8H,1-2,7H2,(H2,11,12,13). The van der Waals surface area contributed by atoms with Crippen LogP contribution in [0.1, 0.15) is 0 Å². The van der Waals surface area contributed by atoms with Gasteiger partial charge in [-0.2, -0.15) is 0 Å². The van der Waals surface area contributed by atoms with Crippen molar-refractivity contribution in [1.29, 1.82) is 0 Å². The van der Waals surface area contributed by atoms with Crippen LogP contribution < -0.4 is 21.9 Å². The smallest absolute Gasteiger partial charge is 0.327 e.